The molecule has 0 saturated carbocycles. The molecule has 0 aliphatic carbocycles. The van der Waals surface area contributed by atoms with Crippen molar-refractivity contribution in [2.75, 3.05) is 6.54 Å². The van der Waals surface area contributed by atoms with Crippen LogP contribution in [0, 0.1) is 5.92 Å². The molecule has 1 rings (SSSR count). The molecule has 4 nitrogen and oxygen atoms in total. The van der Waals surface area contributed by atoms with Crippen LogP contribution < -0.4 is 5.32 Å². The van der Waals surface area contributed by atoms with Crippen LogP contribution in [0.15, 0.2) is 12.1 Å². The minimum atomic E-state index is -0.476. The molecular weight excluding hydrogens is 286 g/mol. The summed E-state index contributed by atoms with van der Waals surface area (Å²) in [5.74, 6) is 0.446. The molecule has 0 aromatic carbocycles. The molecular formula is C16H25NO3S. The van der Waals surface area contributed by atoms with Gasteiger partial charge < -0.3 is 10.1 Å². The van der Waals surface area contributed by atoms with Crippen LogP contribution in [0.3, 0.4) is 0 Å². The van der Waals surface area contributed by atoms with Crippen LogP contribution in [0.2, 0.25) is 0 Å². The van der Waals surface area contributed by atoms with Crippen molar-refractivity contribution in [3.8, 4) is 0 Å². The number of hydrogen-bond donors (Lipinski definition) is 1. The van der Waals surface area contributed by atoms with Gasteiger partial charge in [-0.25, -0.2) is 4.79 Å². The summed E-state index contributed by atoms with van der Waals surface area (Å²) in [7, 11) is 0. The number of amides is 1. The third kappa shape index (κ3) is 6.76. The van der Waals surface area contributed by atoms with Crippen molar-refractivity contribution in [1.82, 2.24) is 5.32 Å². The van der Waals surface area contributed by atoms with E-state index in [2.05, 4.69) is 12.2 Å². The van der Waals surface area contributed by atoms with Gasteiger partial charge in [-0.2, -0.15) is 0 Å². The van der Waals surface area contributed by atoms with E-state index in [1.54, 1.807) is 6.92 Å². The van der Waals surface area contributed by atoms with E-state index in [0.717, 1.165) is 17.7 Å². The Morgan fingerprint density at radius 3 is 2.48 bits per heavy atom. The lowest BCUT2D eigenvalue weighted by molar-refractivity contribution is 0.0518. The van der Waals surface area contributed by atoms with Gasteiger partial charge in [-0.3, -0.25) is 4.79 Å². The first kappa shape index (κ1) is 17.7. The van der Waals surface area contributed by atoms with Crippen molar-refractivity contribution in [2.45, 2.75) is 53.1 Å². The molecule has 21 heavy (non-hydrogen) atoms. The molecule has 0 aliphatic heterocycles. The second-order valence-electron chi connectivity index (χ2n) is 6.18. The second-order valence-corrected chi connectivity index (χ2v) is 7.35. The Morgan fingerprint density at radius 1 is 1.33 bits per heavy atom. The SMILES string of the molecule is CCC(CNC(=O)OC(C)(C)C)Cc1ccc(C(C)=O)s1. The fourth-order valence-corrected chi connectivity index (χ4v) is 2.88. The standard InChI is InChI=1S/C16H25NO3S/c1-6-12(10-17-15(19)20-16(3,4)5)9-13-7-8-14(21-13)11(2)18/h7-8,12H,6,9-10H2,1-5H3,(H,17,19). The lowest BCUT2D eigenvalue weighted by Crippen LogP contribution is -2.35. The number of alkyl carbamates (subject to hydrolysis) is 1. The van der Waals surface area contributed by atoms with Crippen molar-refractivity contribution in [3.63, 3.8) is 0 Å². The van der Waals surface area contributed by atoms with E-state index < -0.39 is 5.60 Å². The van der Waals surface area contributed by atoms with E-state index in [9.17, 15) is 9.59 Å². The Hall–Kier alpha value is -1.36. The second kappa shape index (κ2) is 7.59. The number of ether oxygens (including phenoxy) is 1. The summed E-state index contributed by atoms with van der Waals surface area (Å²) >= 11 is 1.54. The minimum Gasteiger partial charge on any atom is -0.444 e. The molecule has 0 saturated heterocycles. The van der Waals surface area contributed by atoms with Gasteiger partial charge in [0.25, 0.3) is 0 Å². The summed E-state index contributed by atoms with van der Waals surface area (Å²) in [6.45, 7) is 9.80. The van der Waals surface area contributed by atoms with Gasteiger partial charge in [0.15, 0.2) is 5.78 Å². The Bertz CT molecular complexity index is 488. The number of carbonyl (C=O) groups excluding carboxylic acids is 2. The van der Waals surface area contributed by atoms with E-state index in [0.29, 0.717) is 12.5 Å². The average molecular weight is 311 g/mol. The van der Waals surface area contributed by atoms with Crippen LogP contribution in [-0.2, 0) is 11.2 Å². The molecule has 1 atom stereocenters. The minimum absolute atomic E-state index is 0.103. The number of carbonyl (C=O) groups is 2. The Labute approximate surface area is 130 Å². The first-order valence-corrected chi connectivity index (χ1v) is 8.09. The lowest BCUT2D eigenvalue weighted by Gasteiger charge is -2.21. The molecule has 1 heterocycles. The third-order valence-corrected chi connectivity index (χ3v) is 4.22. The number of nitrogens with one attached hydrogen (secondary N) is 1. The molecule has 1 aromatic rings. The van der Waals surface area contributed by atoms with Gasteiger partial charge in [-0.15, -0.1) is 11.3 Å². The highest BCUT2D eigenvalue weighted by Gasteiger charge is 2.17. The average Bonchev–Trinajstić information content (AvgIpc) is 2.80. The molecule has 0 aliphatic rings. The third-order valence-electron chi connectivity index (χ3n) is 3.01. The van der Waals surface area contributed by atoms with E-state index in [1.807, 2.05) is 32.9 Å². The molecule has 1 unspecified atom stereocenters. The normalized spacial score (nSPS) is 12.8. The molecule has 0 spiro atoms. The van der Waals surface area contributed by atoms with Crippen LogP contribution in [0.25, 0.3) is 0 Å². The van der Waals surface area contributed by atoms with E-state index >= 15 is 0 Å². The fraction of sp³-hybridized carbons (Fsp3) is 0.625. The maximum Gasteiger partial charge on any atom is 0.407 e. The number of ketones is 1. The van der Waals surface area contributed by atoms with E-state index in [-0.39, 0.29) is 11.9 Å². The largest absolute Gasteiger partial charge is 0.444 e. The summed E-state index contributed by atoms with van der Waals surface area (Å²) in [6, 6.07) is 3.87. The Morgan fingerprint density at radius 2 is 2.00 bits per heavy atom. The van der Waals surface area contributed by atoms with Gasteiger partial charge in [-0.1, -0.05) is 13.3 Å². The Balaban J connectivity index is 2.47. The molecule has 0 bridgehead atoms. The molecule has 1 aromatic heterocycles. The number of hydrogen-bond acceptors (Lipinski definition) is 4. The summed E-state index contributed by atoms with van der Waals surface area (Å²) in [6.07, 6.45) is 1.45. The lowest BCUT2D eigenvalue weighted by atomic mass is 10.0. The van der Waals surface area contributed by atoms with Gasteiger partial charge in [0.1, 0.15) is 5.60 Å². The predicted octanol–water partition coefficient (Wildman–Crippen LogP) is 4.04. The van der Waals surface area contributed by atoms with Crippen molar-refractivity contribution < 1.29 is 14.3 Å². The Kier molecular flexibility index (Phi) is 6.40. The molecule has 0 fully saturated rings. The van der Waals surface area contributed by atoms with Crippen LogP contribution in [0.1, 0.15) is 55.6 Å². The fourth-order valence-electron chi connectivity index (χ4n) is 1.86. The van der Waals surface area contributed by atoms with Crippen molar-refractivity contribution in [3.05, 3.63) is 21.9 Å². The number of thiophene rings is 1. The summed E-state index contributed by atoms with van der Waals surface area (Å²) in [5.41, 5.74) is -0.476. The summed E-state index contributed by atoms with van der Waals surface area (Å²) in [5, 5.41) is 2.82. The molecule has 1 N–H and O–H groups in total. The zero-order valence-electron chi connectivity index (χ0n) is 13.5. The first-order valence-electron chi connectivity index (χ1n) is 7.27. The smallest absolute Gasteiger partial charge is 0.407 e. The van der Waals surface area contributed by atoms with Crippen molar-refractivity contribution in [1.29, 1.82) is 0 Å². The maximum atomic E-state index is 11.6. The zero-order valence-corrected chi connectivity index (χ0v) is 14.3. The molecule has 118 valence electrons. The number of rotatable bonds is 6. The van der Waals surface area contributed by atoms with Crippen LogP contribution in [0.4, 0.5) is 4.79 Å². The zero-order chi connectivity index (χ0) is 16.0. The van der Waals surface area contributed by atoms with Gasteiger partial charge in [-0.05, 0) is 52.2 Å². The summed E-state index contributed by atoms with van der Waals surface area (Å²) < 4.78 is 5.23. The van der Waals surface area contributed by atoms with Crippen LogP contribution >= 0.6 is 11.3 Å². The summed E-state index contributed by atoms with van der Waals surface area (Å²) in [4.78, 5) is 24.9. The van der Waals surface area contributed by atoms with E-state index in [1.165, 1.54) is 16.2 Å². The highest BCUT2D eigenvalue weighted by atomic mass is 32.1. The van der Waals surface area contributed by atoms with Gasteiger partial charge in [0.2, 0.25) is 0 Å². The maximum absolute atomic E-state index is 11.6. The van der Waals surface area contributed by atoms with Gasteiger partial charge in [0, 0.05) is 11.4 Å². The van der Waals surface area contributed by atoms with Crippen molar-refractivity contribution >= 4 is 23.2 Å². The van der Waals surface area contributed by atoms with Crippen LogP contribution in [0.5, 0.6) is 0 Å². The molecule has 5 heteroatoms. The highest BCUT2D eigenvalue weighted by Crippen LogP contribution is 2.21. The monoisotopic (exact) mass is 311 g/mol. The quantitative estimate of drug-likeness (QED) is 0.807. The van der Waals surface area contributed by atoms with Crippen molar-refractivity contribution in [2.24, 2.45) is 5.92 Å². The van der Waals surface area contributed by atoms with Gasteiger partial charge in [0.05, 0.1) is 4.88 Å². The van der Waals surface area contributed by atoms with E-state index in [4.69, 9.17) is 4.74 Å². The molecule has 1 amide bonds. The molecule has 0 radical (unpaired) electrons. The van der Waals surface area contributed by atoms with Gasteiger partial charge >= 0.3 is 6.09 Å². The predicted molar refractivity (Wildman–Crippen MR) is 86.0 cm³/mol. The highest BCUT2D eigenvalue weighted by molar-refractivity contribution is 7.14. The topological polar surface area (TPSA) is 55.4 Å². The van der Waals surface area contributed by atoms with Crippen LogP contribution in [-0.4, -0.2) is 24.0 Å². The number of Topliss-reactive ketones (excluding diaryl/α,β-unsaturated/α-hetero) is 1. The first-order chi connectivity index (χ1) is 9.71.